The summed E-state index contributed by atoms with van der Waals surface area (Å²) in [6.07, 6.45) is 1.84. The lowest BCUT2D eigenvalue weighted by Crippen LogP contribution is -2.51. The van der Waals surface area contributed by atoms with Crippen LogP contribution in [0.3, 0.4) is 0 Å². The topological polar surface area (TPSA) is 67.0 Å². The summed E-state index contributed by atoms with van der Waals surface area (Å²) in [5.74, 6) is 1.47. The highest BCUT2D eigenvalue weighted by Gasteiger charge is 2.19. The molecule has 136 valence electrons. The van der Waals surface area contributed by atoms with Crippen LogP contribution in [0.15, 0.2) is 40.8 Å². The van der Waals surface area contributed by atoms with Gasteiger partial charge in [0.2, 0.25) is 0 Å². The zero-order chi connectivity index (χ0) is 16.8. The Hall–Kier alpha value is -1.55. The van der Waals surface area contributed by atoms with Gasteiger partial charge < -0.3 is 20.3 Å². The minimum absolute atomic E-state index is 0. The van der Waals surface area contributed by atoms with Gasteiger partial charge in [-0.15, -0.1) is 35.3 Å². The van der Waals surface area contributed by atoms with E-state index < -0.39 is 0 Å². The van der Waals surface area contributed by atoms with Crippen LogP contribution in [0.4, 0.5) is 5.13 Å². The summed E-state index contributed by atoms with van der Waals surface area (Å²) >= 11 is 1.67. The Labute approximate surface area is 169 Å². The zero-order valence-corrected chi connectivity index (χ0v) is 17.4. The van der Waals surface area contributed by atoms with Crippen molar-refractivity contribution in [2.24, 2.45) is 10.7 Å². The Morgan fingerprint density at radius 2 is 2.12 bits per heavy atom. The van der Waals surface area contributed by atoms with Crippen LogP contribution in [0.25, 0.3) is 0 Å². The van der Waals surface area contributed by atoms with Crippen molar-refractivity contribution in [1.29, 1.82) is 0 Å². The fourth-order valence-electron chi connectivity index (χ4n) is 2.63. The fourth-order valence-corrected chi connectivity index (χ4v) is 3.32. The Morgan fingerprint density at radius 3 is 2.80 bits per heavy atom. The molecule has 6 nitrogen and oxygen atoms in total. The van der Waals surface area contributed by atoms with Gasteiger partial charge in [0.15, 0.2) is 11.1 Å². The van der Waals surface area contributed by atoms with Gasteiger partial charge in [-0.1, -0.05) is 12.1 Å². The smallest absolute Gasteiger partial charge is 0.191 e. The third-order valence-electron chi connectivity index (χ3n) is 3.92. The van der Waals surface area contributed by atoms with Crippen molar-refractivity contribution in [3.05, 3.63) is 41.4 Å². The number of nitrogens with two attached hydrogens (primary N) is 1. The summed E-state index contributed by atoms with van der Waals surface area (Å²) in [7, 11) is 0. The lowest BCUT2D eigenvalue weighted by Gasteiger charge is -2.35. The molecule has 0 radical (unpaired) electrons. The second-order valence-corrected chi connectivity index (χ2v) is 6.57. The Morgan fingerprint density at radius 1 is 1.32 bits per heavy atom. The van der Waals surface area contributed by atoms with Gasteiger partial charge in [0, 0.05) is 37.8 Å². The van der Waals surface area contributed by atoms with E-state index in [-0.39, 0.29) is 24.0 Å². The molecular weight excluding hydrogens is 449 g/mol. The Bertz CT molecular complexity index is 671. The maximum Gasteiger partial charge on any atom is 0.191 e. The fraction of sp³-hybridized carbons (Fsp3) is 0.412. The highest BCUT2D eigenvalue weighted by molar-refractivity contribution is 14.0. The van der Waals surface area contributed by atoms with Gasteiger partial charge in [-0.3, -0.25) is 0 Å². The predicted octanol–water partition coefficient (Wildman–Crippen LogP) is 2.59. The summed E-state index contributed by atoms with van der Waals surface area (Å²) in [5.41, 5.74) is 7.29. The third-order valence-corrected chi connectivity index (χ3v) is 4.75. The number of aromatic nitrogens is 1. The van der Waals surface area contributed by atoms with Crippen molar-refractivity contribution in [1.82, 2.24) is 9.88 Å². The van der Waals surface area contributed by atoms with Crippen LogP contribution in [0, 0.1) is 6.92 Å². The minimum atomic E-state index is 0. The molecule has 25 heavy (non-hydrogen) atoms. The number of anilines is 1. The van der Waals surface area contributed by atoms with Crippen molar-refractivity contribution in [2.75, 3.05) is 44.2 Å². The summed E-state index contributed by atoms with van der Waals surface area (Å²) in [6.45, 7) is 6.72. The first-order chi connectivity index (χ1) is 11.7. The van der Waals surface area contributed by atoms with E-state index in [1.54, 1.807) is 11.3 Å². The minimum Gasteiger partial charge on any atom is -0.492 e. The maximum absolute atomic E-state index is 6.10. The zero-order valence-electron chi connectivity index (χ0n) is 14.3. The molecule has 0 saturated carbocycles. The van der Waals surface area contributed by atoms with E-state index in [0.717, 1.165) is 37.1 Å². The number of ether oxygens (including phenoxy) is 1. The van der Waals surface area contributed by atoms with E-state index >= 15 is 0 Å². The standard InChI is InChI=1S/C17H23N5OS.HI/c1-14-3-2-4-15(13-14)23-11-5-19-16(18)21-7-9-22(10-8-21)17-20-6-12-24-17;/h2-4,6,12-13H,5,7-11H2,1H3,(H2,18,19);1H. The summed E-state index contributed by atoms with van der Waals surface area (Å²) < 4.78 is 5.69. The van der Waals surface area contributed by atoms with Crippen LogP contribution < -0.4 is 15.4 Å². The van der Waals surface area contributed by atoms with Gasteiger partial charge in [0.1, 0.15) is 12.4 Å². The van der Waals surface area contributed by atoms with Crippen molar-refractivity contribution < 1.29 is 4.74 Å². The van der Waals surface area contributed by atoms with E-state index in [2.05, 4.69) is 19.8 Å². The Kier molecular flexibility index (Phi) is 7.76. The quantitative estimate of drug-likeness (QED) is 0.313. The molecule has 2 heterocycles. The molecule has 0 spiro atoms. The van der Waals surface area contributed by atoms with Crippen LogP contribution >= 0.6 is 35.3 Å². The number of piperazine rings is 1. The predicted molar refractivity (Wildman–Crippen MR) is 114 cm³/mol. The molecule has 1 aromatic carbocycles. The molecule has 0 atom stereocenters. The van der Waals surface area contributed by atoms with Crippen LogP contribution in [0.5, 0.6) is 5.75 Å². The van der Waals surface area contributed by atoms with E-state index in [4.69, 9.17) is 10.5 Å². The van der Waals surface area contributed by atoms with Crippen molar-refractivity contribution in [2.45, 2.75) is 6.92 Å². The number of guanidine groups is 1. The van der Waals surface area contributed by atoms with Gasteiger partial charge in [0.05, 0.1) is 6.54 Å². The van der Waals surface area contributed by atoms with Gasteiger partial charge >= 0.3 is 0 Å². The first kappa shape index (κ1) is 19.8. The van der Waals surface area contributed by atoms with Crippen LogP contribution in [-0.4, -0.2) is 55.2 Å². The highest BCUT2D eigenvalue weighted by atomic mass is 127. The first-order valence-corrected chi connectivity index (χ1v) is 8.99. The molecule has 0 bridgehead atoms. The molecule has 3 rings (SSSR count). The number of thiazole rings is 1. The highest BCUT2D eigenvalue weighted by Crippen LogP contribution is 2.18. The van der Waals surface area contributed by atoms with Crippen molar-refractivity contribution in [3.63, 3.8) is 0 Å². The lowest BCUT2D eigenvalue weighted by molar-refractivity contribution is 0.326. The van der Waals surface area contributed by atoms with E-state index in [9.17, 15) is 0 Å². The van der Waals surface area contributed by atoms with Crippen LogP contribution in [0.1, 0.15) is 5.56 Å². The summed E-state index contributed by atoms with van der Waals surface area (Å²) in [4.78, 5) is 13.2. The van der Waals surface area contributed by atoms with Gasteiger partial charge in [0.25, 0.3) is 0 Å². The number of hydrogen-bond donors (Lipinski definition) is 1. The average Bonchev–Trinajstić information content (AvgIpc) is 3.13. The molecule has 0 aliphatic carbocycles. The molecule has 1 aromatic heterocycles. The van der Waals surface area contributed by atoms with Gasteiger partial charge in [-0.25, -0.2) is 9.98 Å². The molecule has 1 saturated heterocycles. The van der Waals surface area contributed by atoms with Crippen LogP contribution in [0.2, 0.25) is 0 Å². The molecule has 0 amide bonds. The summed E-state index contributed by atoms with van der Waals surface area (Å²) in [6, 6.07) is 8.02. The van der Waals surface area contributed by atoms with E-state index in [1.807, 2.05) is 42.8 Å². The second-order valence-electron chi connectivity index (χ2n) is 5.69. The average molecular weight is 473 g/mol. The monoisotopic (exact) mass is 473 g/mol. The Balaban J connectivity index is 0.00000225. The van der Waals surface area contributed by atoms with E-state index in [1.165, 1.54) is 5.56 Å². The van der Waals surface area contributed by atoms with E-state index in [0.29, 0.717) is 19.1 Å². The summed E-state index contributed by atoms with van der Waals surface area (Å²) in [5, 5.41) is 3.09. The molecular formula is C17H24IN5OS. The molecule has 1 aliphatic heterocycles. The number of aryl methyl sites for hydroxylation is 1. The number of halogens is 1. The third kappa shape index (κ3) is 5.74. The molecule has 1 aliphatic rings. The van der Waals surface area contributed by atoms with Crippen molar-refractivity contribution in [3.8, 4) is 5.75 Å². The number of rotatable bonds is 5. The lowest BCUT2D eigenvalue weighted by atomic mass is 10.2. The normalized spacial score (nSPS) is 15.0. The maximum atomic E-state index is 6.10. The molecule has 8 heteroatoms. The molecule has 2 aromatic rings. The second kappa shape index (κ2) is 9.81. The number of benzene rings is 1. The van der Waals surface area contributed by atoms with Gasteiger partial charge in [-0.2, -0.15) is 0 Å². The number of hydrogen-bond acceptors (Lipinski definition) is 5. The SMILES string of the molecule is Cc1cccc(OCCN=C(N)N2CCN(c3nccs3)CC2)c1.I. The molecule has 0 unspecified atom stereocenters. The number of aliphatic imine (C=N–C) groups is 1. The first-order valence-electron chi connectivity index (χ1n) is 8.11. The van der Waals surface area contributed by atoms with Crippen molar-refractivity contribution >= 4 is 46.4 Å². The van der Waals surface area contributed by atoms with Crippen LogP contribution in [-0.2, 0) is 0 Å². The molecule has 2 N–H and O–H groups in total. The molecule has 1 fully saturated rings. The number of nitrogens with zero attached hydrogens (tertiary/aromatic N) is 4. The van der Waals surface area contributed by atoms with Gasteiger partial charge in [-0.05, 0) is 24.6 Å². The largest absolute Gasteiger partial charge is 0.492 e.